The third kappa shape index (κ3) is 5.60. The van der Waals surface area contributed by atoms with Crippen molar-refractivity contribution >= 4 is 45.8 Å². The number of pyridine rings is 1. The van der Waals surface area contributed by atoms with Crippen LogP contribution in [0.3, 0.4) is 0 Å². The lowest BCUT2D eigenvalue weighted by atomic mass is 10.0. The molecule has 39 heavy (non-hydrogen) atoms. The Bertz CT molecular complexity index is 1720. The topological polar surface area (TPSA) is 86.9 Å². The molecule has 0 radical (unpaired) electrons. The van der Waals surface area contributed by atoms with E-state index in [0.717, 1.165) is 17.7 Å². The largest absolute Gasteiger partial charge is 0.416 e. The van der Waals surface area contributed by atoms with Crippen LogP contribution in [0, 0.1) is 5.82 Å². The zero-order valence-corrected chi connectivity index (χ0v) is 20.5. The summed E-state index contributed by atoms with van der Waals surface area (Å²) in [5.41, 5.74) is 1.85. The predicted molar refractivity (Wildman–Crippen MR) is 140 cm³/mol. The third-order valence-electron chi connectivity index (χ3n) is 5.88. The van der Waals surface area contributed by atoms with E-state index in [9.17, 15) is 27.2 Å². The van der Waals surface area contributed by atoms with E-state index in [-0.39, 0.29) is 33.6 Å². The van der Waals surface area contributed by atoms with Gasteiger partial charge in [0.1, 0.15) is 11.5 Å². The molecule has 196 valence electrons. The number of anilines is 2. The van der Waals surface area contributed by atoms with Crippen molar-refractivity contribution in [1.82, 2.24) is 9.97 Å². The minimum atomic E-state index is -4.57. The van der Waals surface area contributed by atoms with Gasteiger partial charge in [-0.1, -0.05) is 35.9 Å². The van der Waals surface area contributed by atoms with Gasteiger partial charge in [-0.15, -0.1) is 0 Å². The molecule has 3 aromatic carbocycles. The van der Waals surface area contributed by atoms with Crippen LogP contribution in [0.25, 0.3) is 22.2 Å². The molecule has 0 atom stereocenters. The number of hydrogen-bond donors (Lipinski definition) is 3. The van der Waals surface area contributed by atoms with E-state index in [1.807, 2.05) is 0 Å². The summed E-state index contributed by atoms with van der Waals surface area (Å²) in [5.74, 6) is -0.705. The first-order valence-electron chi connectivity index (χ1n) is 11.4. The van der Waals surface area contributed by atoms with Crippen molar-refractivity contribution in [1.29, 1.82) is 0 Å². The Morgan fingerprint density at radius 2 is 1.67 bits per heavy atom. The molecule has 0 aliphatic rings. The molecule has 0 saturated heterocycles. The van der Waals surface area contributed by atoms with Crippen molar-refractivity contribution < 1.29 is 27.2 Å². The Hall–Kier alpha value is -4.70. The number of H-pyrrole nitrogens is 1. The van der Waals surface area contributed by atoms with Gasteiger partial charge in [0.15, 0.2) is 5.78 Å². The predicted octanol–water partition coefficient (Wildman–Crippen LogP) is 7.92. The van der Waals surface area contributed by atoms with Crippen LogP contribution in [-0.2, 0) is 6.18 Å². The van der Waals surface area contributed by atoms with Gasteiger partial charge in [-0.3, -0.25) is 4.79 Å². The molecule has 0 fully saturated rings. The van der Waals surface area contributed by atoms with Crippen LogP contribution in [0.1, 0.15) is 21.5 Å². The lowest BCUT2D eigenvalue weighted by Gasteiger charge is -2.12. The van der Waals surface area contributed by atoms with E-state index in [0.29, 0.717) is 28.2 Å². The van der Waals surface area contributed by atoms with Crippen LogP contribution >= 0.6 is 11.6 Å². The molecule has 11 heteroatoms. The molecule has 0 bridgehead atoms. The van der Waals surface area contributed by atoms with Gasteiger partial charge in [0.2, 0.25) is 0 Å². The van der Waals surface area contributed by atoms with Gasteiger partial charge >= 0.3 is 12.2 Å². The number of benzene rings is 3. The van der Waals surface area contributed by atoms with Crippen LogP contribution in [0.4, 0.5) is 33.7 Å². The molecule has 2 amide bonds. The fraction of sp³-hybridized carbons (Fsp3) is 0.0357. The molecule has 0 saturated carbocycles. The number of aromatic amines is 1. The maximum absolute atomic E-state index is 13.4. The summed E-state index contributed by atoms with van der Waals surface area (Å²) < 4.78 is 51.9. The number of alkyl halides is 3. The average molecular weight is 553 g/mol. The highest BCUT2D eigenvalue weighted by Crippen LogP contribution is 2.34. The van der Waals surface area contributed by atoms with E-state index >= 15 is 0 Å². The van der Waals surface area contributed by atoms with Gasteiger partial charge in [0, 0.05) is 40.2 Å². The molecule has 5 aromatic rings. The van der Waals surface area contributed by atoms with E-state index in [4.69, 9.17) is 11.6 Å². The number of nitrogens with zero attached hydrogens (tertiary/aromatic N) is 1. The maximum Gasteiger partial charge on any atom is 0.416 e. The third-order valence-corrected chi connectivity index (χ3v) is 6.19. The highest BCUT2D eigenvalue weighted by molar-refractivity contribution is 6.33. The summed E-state index contributed by atoms with van der Waals surface area (Å²) in [6.07, 6.45) is -1.42. The minimum Gasteiger partial charge on any atom is -0.345 e. The molecule has 0 spiro atoms. The van der Waals surface area contributed by atoms with Crippen molar-refractivity contribution in [2.75, 3.05) is 10.6 Å². The number of fused-ring (bicyclic) bond motifs is 1. The number of halogens is 5. The second kappa shape index (κ2) is 10.2. The fourth-order valence-electron chi connectivity index (χ4n) is 3.96. The summed E-state index contributed by atoms with van der Waals surface area (Å²) in [7, 11) is 0. The van der Waals surface area contributed by atoms with Gasteiger partial charge in [-0.05, 0) is 54.1 Å². The maximum atomic E-state index is 13.4. The van der Waals surface area contributed by atoms with Crippen LogP contribution in [0.15, 0.2) is 85.2 Å². The number of carbonyl (C=O) groups excluding carboxylic acids is 2. The Morgan fingerprint density at radius 3 is 2.38 bits per heavy atom. The van der Waals surface area contributed by atoms with Gasteiger partial charge in [-0.2, -0.15) is 13.2 Å². The number of ketones is 1. The van der Waals surface area contributed by atoms with E-state index < -0.39 is 17.8 Å². The zero-order chi connectivity index (χ0) is 27.7. The van der Waals surface area contributed by atoms with Crippen molar-refractivity contribution in [3.8, 4) is 11.1 Å². The van der Waals surface area contributed by atoms with Crippen molar-refractivity contribution in [3.63, 3.8) is 0 Å². The number of carbonyl (C=O) groups is 2. The minimum absolute atomic E-state index is 0.0161. The highest BCUT2D eigenvalue weighted by atomic mass is 35.5. The number of hydrogen-bond acceptors (Lipinski definition) is 3. The Balaban J connectivity index is 1.35. The second-order valence-electron chi connectivity index (χ2n) is 8.51. The SMILES string of the molecule is O=C(Nc1cccc(C(=O)c2c[nH]c3ncc(-c4ccc(F)cc4)cc23)c1)Nc1ccc(C(F)(F)F)cc1Cl. The van der Waals surface area contributed by atoms with Crippen LogP contribution in [-0.4, -0.2) is 21.8 Å². The second-order valence-corrected chi connectivity index (χ2v) is 8.92. The van der Waals surface area contributed by atoms with Crippen molar-refractivity contribution in [2.45, 2.75) is 6.18 Å². The molecular weight excluding hydrogens is 536 g/mol. The van der Waals surface area contributed by atoms with E-state index in [2.05, 4.69) is 20.6 Å². The van der Waals surface area contributed by atoms with Gasteiger partial charge in [0.05, 0.1) is 16.3 Å². The number of amides is 2. The quantitative estimate of drug-likeness (QED) is 0.153. The molecule has 5 rings (SSSR count). The molecule has 0 aliphatic heterocycles. The first-order chi connectivity index (χ1) is 18.6. The number of aromatic nitrogens is 2. The molecule has 6 nitrogen and oxygen atoms in total. The first kappa shape index (κ1) is 25.9. The van der Waals surface area contributed by atoms with E-state index in [1.54, 1.807) is 42.6 Å². The molecule has 2 heterocycles. The molecule has 2 aromatic heterocycles. The monoisotopic (exact) mass is 552 g/mol. The van der Waals surface area contributed by atoms with Crippen LogP contribution < -0.4 is 10.6 Å². The molecular formula is C28H17ClF4N4O2. The summed E-state index contributed by atoms with van der Waals surface area (Å²) in [6, 6.07) is 15.7. The van der Waals surface area contributed by atoms with Gasteiger partial charge in [-0.25, -0.2) is 14.2 Å². The Kier molecular flexibility index (Phi) is 6.80. The first-order valence-corrected chi connectivity index (χ1v) is 11.8. The summed E-state index contributed by atoms with van der Waals surface area (Å²) >= 11 is 5.90. The van der Waals surface area contributed by atoms with Crippen molar-refractivity contribution in [2.24, 2.45) is 0 Å². The Morgan fingerprint density at radius 1 is 0.897 bits per heavy atom. The molecule has 0 aliphatic carbocycles. The zero-order valence-electron chi connectivity index (χ0n) is 19.7. The smallest absolute Gasteiger partial charge is 0.345 e. The van der Waals surface area contributed by atoms with Crippen LogP contribution in [0.5, 0.6) is 0 Å². The van der Waals surface area contributed by atoms with Gasteiger partial charge < -0.3 is 15.6 Å². The summed E-state index contributed by atoms with van der Waals surface area (Å²) in [5, 5.41) is 5.22. The normalized spacial score (nSPS) is 11.4. The summed E-state index contributed by atoms with van der Waals surface area (Å²) in [6.45, 7) is 0. The number of urea groups is 1. The molecule has 3 N–H and O–H groups in total. The lowest BCUT2D eigenvalue weighted by molar-refractivity contribution is -0.137. The average Bonchev–Trinajstić information content (AvgIpc) is 3.32. The Labute approximate surface area is 223 Å². The number of nitrogens with one attached hydrogen (secondary N) is 3. The standard InChI is InChI=1S/C28H17ClF4N4O2/c29-23-12-18(28(31,32)33)6-9-24(23)37-27(39)36-20-3-1-2-16(10-20)25(38)22-14-35-26-21(22)11-17(13-34-26)15-4-7-19(30)8-5-15/h1-14H,(H,34,35)(H2,36,37,39). The highest BCUT2D eigenvalue weighted by Gasteiger charge is 2.31. The molecule has 0 unspecified atom stereocenters. The lowest BCUT2D eigenvalue weighted by Crippen LogP contribution is -2.20. The fourth-order valence-corrected chi connectivity index (χ4v) is 4.19. The van der Waals surface area contributed by atoms with E-state index in [1.165, 1.54) is 24.4 Å². The number of rotatable bonds is 5. The van der Waals surface area contributed by atoms with Crippen LogP contribution in [0.2, 0.25) is 5.02 Å². The van der Waals surface area contributed by atoms with Gasteiger partial charge in [0.25, 0.3) is 0 Å². The van der Waals surface area contributed by atoms with Crippen molar-refractivity contribution in [3.05, 3.63) is 113 Å². The summed E-state index contributed by atoms with van der Waals surface area (Å²) in [4.78, 5) is 33.2.